The number of hydrogen-bond acceptors (Lipinski definition) is 3. The van der Waals surface area contributed by atoms with Gasteiger partial charge in [0, 0.05) is 19.7 Å². The molecule has 1 fully saturated rings. The van der Waals surface area contributed by atoms with Gasteiger partial charge in [0.15, 0.2) is 0 Å². The monoisotopic (exact) mass is 293 g/mol. The molecule has 2 N–H and O–H groups in total. The van der Waals surface area contributed by atoms with Gasteiger partial charge >= 0.3 is 6.03 Å². The lowest BCUT2D eigenvalue weighted by atomic mass is 9.99. The number of piperidine rings is 1. The number of urea groups is 1. The van der Waals surface area contributed by atoms with E-state index >= 15 is 0 Å². The second-order valence-electron chi connectivity index (χ2n) is 6.05. The summed E-state index contributed by atoms with van der Waals surface area (Å²) >= 11 is 0. The Balaban J connectivity index is 1.60. The van der Waals surface area contributed by atoms with Gasteiger partial charge in [-0.1, -0.05) is 6.92 Å². The van der Waals surface area contributed by atoms with Crippen LogP contribution in [0, 0.1) is 12.8 Å². The Morgan fingerprint density at radius 1 is 1.43 bits per heavy atom. The Labute approximate surface area is 126 Å². The zero-order valence-electron chi connectivity index (χ0n) is 13.4. The van der Waals surface area contributed by atoms with Gasteiger partial charge in [-0.25, -0.2) is 4.79 Å². The van der Waals surface area contributed by atoms with Gasteiger partial charge < -0.3 is 10.2 Å². The Kier molecular flexibility index (Phi) is 5.61. The lowest BCUT2D eigenvalue weighted by Crippen LogP contribution is -2.36. The van der Waals surface area contributed by atoms with Crippen LogP contribution in [-0.4, -0.2) is 46.9 Å². The third-order valence-corrected chi connectivity index (χ3v) is 4.06. The molecule has 0 bridgehead atoms. The molecule has 0 radical (unpaired) electrons. The smallest absolute Gasteiger partial charge is 0.320 e. The summed E-state index contributed by atoms with van der Waals surface area (Å²) in [6, 6.07) is 1.69. The van der Waals surface area contributed by atoms with Gasteiger partial charge in [0.05, 0.1) is 5.69 Å². The minimum absolute atomic E-state index is 0.162. The van der Waals surface area contributed by atoms with E-state index in [4.69, 9.17) is 0 Å². The molecule has 2 rings (SSSR count). The number of nitrogens with zero attached hydrogens (tertiary/aromatic N) is 3. The Morgan fingerprint density at radius 3 is 2.76 bits per heavy atom. The second-order valence-corrected chi connectivity index (χ2v) is 6.05. The van der Waals surface area contributed by atoms with Crippen molar-refractivity contribution in [1.82, 2.24) is 20.0 Å². The van der Waals surface area contributed by atoms with Crippen molar-refractivity contribution >= 4 is 11.8 Å². The van der Waals surface area contributed by atoms with Gasteiger partial charge in [-0.2, -0.15) is 5.10 Å². The van der Waals surface area contributed by atoms with Crippen molar-refractivity contribution in [1.29, 1.82) is 0 Å². The number of anilines is 1. The van der Waals surface area contributed by atoms with Crippen molar-refractivity contribution in [2.24, 2.45) is 13.0 Å². The van der Waals surface area contributed by atoms with Crippen LogP contribution in [0.5, 0.6) is 0 Å². The Bertz CT molecular complexity index is 463. The number of nitrogens with one attached hydrogen (secondary N) is 2. The molecule has 1 aliphatic rings. The lowest BCUT2D eigenvalue weighted by molar-refractivity contribution is 0.190. The first-order chi connectivity index (χ1) is 10.0. The molecule has 1 aromatic rings. The quantitative estimate of drug-likeness (QED) is 0.816. The number of aromatic nitrogens is 2. The first-order valence-electron chi connectivity index (χ1n) is 7.82. The average Bonchev–Trinajstić information content (AvgIpc) is 2.75. The van der Waals surface area contributed by atoms with Crippen LogP contribution < -0.4 is 10.6 Å². The number of amides is 2. The van der Waals surface area contributed by atoms with Crippen LogP contribution in [0.2, 0.25) is 0 Å². The number of hydrogen-bond donors (Lipinski definition) is 2. The summed E-state index contributed by atoms with van der Waals surface area (Å²) in [5.74, 6) is 1.59. The van der Waals surface area contributed by atoms with Gasteiger partial charge in [-0.15, -0.1) is 0 Å². The summed E-state index contributed by atoms with van der Waals surface area (Å²) < 4.78 is 1.67. The van der Waals surface area contributed by atoms with E-state index in [-0.39, 0.29) is 6.03 Å². The lowest BCUT2D eigenvalue weighted by Gasteiger charge is -2.30. The van der Waals surface area contributed by atoms with Crippen molar-refractivity contribution in [2.75, 3.05) is 31.5 Å². The maximum Gasteiger partial charge on any atom is 0.320 e. The van der Waals surface area contributed by atoms with E-state index in [9.17, 15) is 4.79 Å². The van der Waals surface area contributed by atoms with Crippen LogP contribution in [0.15, 0.2) is 6.07 Å². The zero-order valence-corrected chi connectivity index (χ0v) is 13.4. The number of carbonyl (C=O) groups excluding carboxylic acids is 1. The van der Waals surface area contributed by atoms with E-state index in [1.54, 1.807) is 4.68 Å². The molecule has 21 heavy (non-hydrogen) atoms. The second kappa shape index (κ2) is 7.45. The topological polar surface area (TPSA) is 62.2 Å². The molecule has 1 saturated heterocycles. The fourth-order valence-electron chi connectivity index (χ4n) is 2.68. The van der Waals surface area contributed by atoms with Crippen molar-refractivity contribution in [2.45, 2.75) is 33.1 Å². The summed E-state index contributed by atoms with van der Waals surface area (Å²) in [6.07, 6.45) is 3.59. The largest absolute Gasteiger partial charge is 0.338 e. The third-order valence-electron chi connectivity index (χ3n) is 4.06. The molecule has 2 amide bonds. The van der Waals surface area contributed by atoms with Crippen molar-refractivity contribution in [3.63, 3.8) is 0 Å². The van der Waals surface area contributed by atoms with Crippen molar-refractivity contribution in [3.05, 3.63) is 11.8 Å². The molecule has 0 unspecified atom stereocenters. The highest BCUT2D eigenvalue weighted by Crippen LogP contribution is 2.15. The maximum atomic E-state index is 11.8. The van der Waals surface area contributed by atoms with Crippen molar-refractivity contribution < 1.29 is 4.79 Å². The predicted octanol–water partition coefficient (Wildman–Crippen LogP) is 1.97. The predicted molar refractivity (Wildman–Crippen MR) is 84.4 cm³/mol. The molecule has 0 atom stereocenters. The van der Waals surface area contributed by atoms with Gasteiger partial charge in [0.2, 0.25) is 0 Å². The normalized spacial score (nSPS) is 16.9. The number of likely N-dealkylation sites (tertiary alicyclic amines) is 1. The van der Waals surface area contributed by atoms with Crippen LogP contribution in [-0.2, 0) is 7.05 Å². The summed E-state index contributed by atoms with van der Waals surface area (Å²) in [4.78, 5) is 14.3. The number of aryl methyl sites for hydroxylation is 2. The van der Waals surface area contributed by atoms with E-state index in [0.29, 0.717) is 6.54 Å². The average molecular weight is 293 g/mol. The van der Waals surface area contributed by atoms with E-state index < -0.39 is 0 Å². The Morgan fingerprint density at radius 2 is 2.14 bits per heavy atom. The highest BCUT2D eigenvalue weighted by molar-refractivity contribution is 5.88. The van der Waals surface area contributed by atoms with E-state index in [2.05, 4.69) is 27.6 Å². The first kappa shape index (κ1) is 15.8. The van der Waals surface area contributed by atoms with Crippen LogP contribution in [0.4, 0.5) is 10.6 Å². The molecule has 1 aromatic heterocycles. The molecule has 2 heterocycles. The first-order valence-corrected chi connectivity index (χ1v) is 7.82. The highest BCUT2D eigenvalue weighted by Gasteiger charge is 2.14. The van der Waals surface area contributed by atoms with E-state index in [1.165, 1.54) is 25.9 Å². The standard InChI is InChI=1S/C15H27N5O/c1-12-5-9-20(10-6-12)8-4-7-16-15(21)17-14-11-13(2)18-19(14)3/h11-12H,4-10H2,1-3H3,(H2,16,17,21). The molecule has 0 aromatic carbocycles. The highest BCUT2D eigenvalue weighted by atomic mass is 16.2. The van der Waals surface area contributed by atoms with Crippen LogP contribution in [0.1, 0.15) is 31.9 Å². The molecule has 118 valence electrons. The SMILES string of the molecule is Cc1cc(NC(=O)NCCCN2CCC(C)CC2)n(C)n1. The van der Waals surface area contributed by atoms with E-state index in [1.807, 2.05) is 20.0 Å². The maximum absolute atomic E-state index is 11.8. The van der Waals surface area contributed by atoms with Gasteiger partial charge in [-0.05, 0) is 51.7 Å². The van der Waals surface area contributed by atoms with Crippen molar-refractivity contribution in [3.8, 4) is 0 Å². The van der Waals surface area contributed by atoms with Gasteiger partial charge in [0.25, 0.3) is 0 Å². The fraction of sp³-hybridized carbons (Fsp3) is 0.733. The van der Waals surface area contributed by atoms with Gasteiger partial charge in [-0.3, -0.25) is 10.00 Å². The minimum Gasteiger partial charge on any atom is -0.338 e. The van der Waals surface area contributed by atoms with Crippen LogP contribution in [0.3, 0.4) is 0 Å². The zero-order chi connectivity index (χ0) is 15.2. The molecule has 1 aliphatic heterocycles. The molecule has 0 saturated carbocycles. The fourth-order valence-corrected chi connectivity index (χ4v) is 2.68. The van der Waals surface area contributed by atoms with Crippen LogP contribution in [0.25, 0.3) is 0 Å². The molecular weight excluding hydrogens is 266 g/mol. The molecule has 6 heteroatoms. The number of rotatable bonds is 5. The van der Waals surface area contributed by atoms with E-state index in [0.717, 1.165) is 30.4 Å². The minimum atomic E-state index is -0.162. The summed E-state index contributed by atoms with van der Waals surface area (Å²) in [5, 5.41) is 9.91. The third kappa shape index (κ3) is 5.04. The number of carbonyl (C=O) groups is 1. The summed E-state index contributed by atoms with van der Waals surface area (Å²) in [5.41, 5.74) is 0.895. The molecule has 0 spiro atoms. The summed E-state index contributed by atoms with van der Waals surface area (Å²) in [7, 11) is 1.82. The van der Waals surface area contributed by atoms with Crippen LogP contribution >= 0.6 is 0 Å². The van der Waals surface area contributed by atoms with Gasteiger partial charge in [0.1, 0.15) is 5.82 Å². The molecule has 6 nitrogen and oxygen atoms in total. The summed E-state index contributed by atoms with van der Waals surface area (Å²) in [6.45, 7) is 8.39. The molecular formula is C15H27N5O. The Hall–Kier alpha value is -1.56. The molecule has 0 aliphatic carbocycles.